The van der Waals surface area contributed by atoms with Crippen LogP contribution in [0.2, 0.25) is 0 Å². The van der Waals surface area contributed by atoms with Crippen LogP contribution >= 0.6 is 0 Å². The highest BCUT2D eigenvalue weighted by Gasteiger charge is 2.22. The predicted molar refractivity (Wildman–Crippen MR) is 83.9 cm³/mol. The number of hydrogen-bond donors (Lipinski definition) is 1. The Balaban J connectivity index is 0.00000361. The Morgan fingerprint density at radius 1 is 1.42 bits per heavy atom. The van der Waals surface area contributed by atoms with Gasteiger partial charge in [0.25, 0.3) is 5.91 Å². The van der Waals surface area contributed by atoms with Crippen molar-refractivity contribution < 1.29 is 6.22 Å². The molecule has 0 aliphatic heterocycles. The van der Waals surface area contributed by atoms with Crippen LogP contribution in [-0.2, 0) is 0 Å². The highest BCUT2D eigenvalue weighted by Crippen LogP contribution is 2.25. The zero-order valence-electron chi connectivity index (χ0n) is 12.9. The van der Waals surface area contributed by atoms with Gasteiger partial charge in [-0.15, -0.1) is 0 Å². The standard InChI is InChI=1S/C16H26N2O.H2/c1-7-16(4,5)18(6)14-10-8-9-13(11-14)15(19)17-12(2)3;/h8-12H,7H2,1-6H3,(H,17,19);1H. The largest absolute Gasteiger partial charge is 0.369 e. The summed E-state index contributed by atoms with van der Waals surface area (Å²) in [7, 11) is 2.07. The first-order chi connectivity index (χ1) is 8.77. The molecule has 0 aromatic heterocycles. The van der Waals surface area contributed by atoms with Gasteiger partial charge in [0, 0.05) is 31.3 Å². The first kappa shape index (κ1) is 15.5. The minimum atomic E-state index is -0.0143. The van der Waals surface area contributed by atoms with Crippen molar-refractivity contribution in [1.82, 2.24) is 5.32 Å². The van der Waals surface area contributed by atoms with Gasteiger partial charge in [-0.3, -0.25) is 4.79 Å². The molecule has 108 valence electrons. The molecule has 0 spiro atoms. The van der Waals surface area contributed by atoms with Crippen LogP contribution in [0.4, 0.5) is 5.69 Å². The monoisotopic (exact) mass is 264 g/mol. The lowest BCUT2D eigenvalue weighted by Gasteiger charge is -2.37. The topological polar surface area (TPSA) is 32.3 Å². The van der Waals surface area contributed by atoms with E-state index in [1.165, 1.54) is 0 Å². The quantitative estimate of drug-likeness (QED) is 0.879. The van der Waals surface area contributed by atoms with Crippen LogP contribution in [-0.4, -0.2) is 24.5 Å². The van der Waals surface area contributed by atoms with Gasteiger partial charge in [0.15, 0.2) is 0 Å². The number of hydrogen-bond acceptors (Lipinski definition) is 2. The Morgan fingerprint density at radius 3 is 2.58 bits per heavy atom. The molecule has 0 aliphatic rings. The third-order valence-electron chi connectivity index (χ3n) is 3.69. The van der Waals surface area contributed by atoms with Crippen molar-refractivity contribution in [3.63, 3.8) is 0 Å². The lowest BCUT2D eigenvalue weighted by atomic mass is 9.98. The van der Waals surface area contributed by atoms with Crippen molar-refractivity contribution >= 4 is 11.6 Å². The van der Waals surface area contributed by atoms with Crippen molar-refractivity contribution in [2.45, 2.75) is 52.6 Å². The molecule has 0 saturated heterocycles. The minimum absolute atomic E-state index is 0. The van der Waals surface area contributed by atoms with Gasteiger partial charge in [-0.1, -0.05) is 13.0 Å². The molecule has 1 aromatic carbocycles. The van der Waals surface area contributed by atoms with Crippen molar-refractivity contribution in [3.05, 3.63) is 29.8 Å². The minimum Gasteiger partial charge on any atom is -0.369 e. The fourth-order valence-electron chi connectivity index (χ4n) is 1.79. The summed E-state index contributed by atoms with van der Waals surface area (Å²) < 4.78 is 0. The van der Waals surface area contributed by atoms with E-state index in [2.05, 4.69) is 38.0 Å². The van der Waals surface area contributed by atoms with Crippen LogP contribution in [0.25, 0.3) is 0 Å². The number of amides is 1. The molecule has 1 aromatic rings. The SMILES string of the molecule is CCC(C)(C)N(C)c1cccc(C(=O)NC(C)C)c1.[HH]. The maximum atomic E-state index is 12.0. The Labute approximate surface area is 118 Å². The Hall–Kier alpha value is -1.51. The first-order valence-corrected chi connectivity index (χ1v) is 6.92. The summed E-state index contributed by atoms with van der Waals surface area (Å²) in [4.78, 5) is 14.2. The number of anilines is 1. The van der Waals surface area contributed by atoms with E-state index in [-0.39, 0.29) is 18.9 Å². The molecule has 0 saturated carbocycles. The molecule has 0 atom stereocenters. The maximum absolute atomic E-state index is 12.0. The predicted octanol–water partition coefficient (Wildman–Crippen LogP) is 3.70. The number of carbonyl (C=O) groups excluding carboxylic acids is 1. The zero-order valence-corrected chi connectivity index (χ0v) is 12.9. The van der Waals surface area contributed by atoms with Crippen molar-refractivity contribution in [2.24, 2.45) is 0 Å². The molecule has 0 radical (unpaired) electrons. The molecule has 0 bridgehead atoms. The fraction of sp³-hybridized carbons (Fsp3) is 0.562. The smallest absolute Gasteiger partial charge is 0.251 e. The average Bonchev–Trinajstić information content (AvgIpc) is 2.37. The van der Waals surface area contributed by atoms with Crippen LogP contribution < -0.4 is 10.2 Å². The van der Waals surface area contributed by atoms with Gasteiger partial charge >= 0.3 is 0 Å². The molecule has 19 heavy (non-hydrogen) atoms. The second-order valence-electron chi connectivity index (χ2n) is 5.90. The fourth-order valence-corrected chi connectivity index (χ4v) is 1.79. The van der Waals surface area contributed by atoms with Gasteiger partial charge in [0.1, 0.15) is 0 Å². The Morgan fingerprint density at radius 2 is 2.05 bits per heavy atom. The Kier molecular flexibility index (Phi) is 4.98. The maximum Gasteiger partial charge on any atom is 0.251 e. The molecule has 0 fully saturated rings. The van der Waals surface area contributed by atoms with Gasteiger partial charge in [0.05, 0.1) is 0 Å². The third kappa shape index (κ3) is 3.98. The number of nitrogens with one attached hydrogen (secondary N) is 1. The van der Waals surface area contributed by atoms with Crippen molar-refractivity contribution in [3.8, 4) is 0 Å². The summed E-state index contributed by atoms with van der Waals surface area (Å²) in [5.41, 5.74) is 1.86. The average molecular weight is 264 g/mol. The van der Waals surface area contributed by atoms with Crippen molar-refractivity contribution in [2.75, 3.05) is 11.9 Å². The van der Waals surface area contributed by atoms with Crippen LogP contribution in [0.1, 0.15) is 52.8 Å². The van der Waals surface area contributed by atoms with Gasteiger partial charge < -0.3 is 10.2 Å². The van der Waals surface area contributed by atoms with E-state index in [0.717, 1.165) is 12.1 Å². The molecule has 1 rings (SSSR count). The summed E-state index contributed by atoms with van der Waals surface area (Å²) in [6.07, 6.45) is 1.05. The van der Waals surface area contributed by atoms with Gasteiger partial charge in [-0.05, 0) is 52.3 Å². The van der Waals surface area contributed by atoms with E-state index >= 15 is 0 Å². The first-order valence-electron chi connectivity index (χ1n) is 6.92. The van der Waals surface area contributed by atoms with Gasteiger partial charge in [0.2, 0.25) is 0 Å². The Bertz CT molecular complexity index is 444. The molecular weight excluding hydrogens is 236 g/mol. The van der Waals surface area contributed by atoms with E-state index in [9.17, 15) is 4.79 Å². The highest BCUT2D eigenvalue weighted by molar-refractivity contribution is 5.95. The number of rotatable bonds is 5. The lowest BCUT2D eigenvalue weighted by molar-refractivity contribution is 0.0943. The second kappa shape index (κ2) is 6.09. The molecule has 0 aliphatic carbocycles. The van der Waals surface area contributed by atoms with Crippen molar-refractivity contribution in [1.29, 1.82) is 0 Å². The normalized spacial score (nSPS) is 11.5. The van der Waals surface area contributed by atoms with E-state index in [0.29, 0.717) is 5.56 Å². The molecule has 3 nitrogen and oxygen atoms in total. The molecular formula is C16H28N2O. The van der Waals surface area contributed by atoms with Crippen LogP contribution in [0.15, 0.2) is 24.3 Å². The molecule has 0 unspecified atom stereocenters. The zero-order chi connectivity index (χ0) is 14.6. The van der Waals surface area contributed by atoms with Crippen LogP contribution in [0.5, 0.6) is 0 Å². The van der Waals surface area contributed by atoms with Crippen LogP contribution in [0, 0.1) is 0 Å². The van der Waals surface area contributed by atoms with Gasteiger partial charge in [-0.2, -0.15) is 0 Å². The van der Waals surface area contributed by atoms with Gasteiger partial charge in [-0.25, -0.2) is 0 Å². The van der Waals surface area contributed by atoms with E-state index in [1.807, 2.05) is 38.1 Å². The van der Waals surface area contributed by atoms with Crippen LogP contribution in [0.3, 0.4) is 0 Å². The number of carbonyl (C=O) groups is 1. The number of nitrogens with zero attached hydrogens (tertiary/aromatic N) is 1. The number of benzene rings is 1. The van der Waals surface area contributed by atoms with E-state index in [1.54, 1.807) is 0 Å². The summed E-state index contributed by atoms with van der Waals surface area (Å²) >= 11 is 0. The summed E-state index contributed by atoms with van der Waals surface area (Å²) in [6.45, 7) is 10.5. The van der Waals surface area contributed by atoms with E-state index in [4.69, 9.17) is 0 Å². The third-order valence-corrected chi connectivity index (χ3v) is 3.69. The second-order valence-corrected chi connectivity index (χ2v) is 5.90. The van der Waals surface area contributed by atoms with E-state index < -0.39 is 0 Å². The molecule has 0 heterocycles. The molecule has 3 heteroatoms. The summed E-state index contributed by atoms with van der Waals surface area (Å²) in [6, 6.07) is 7.94. The lowest BCUT2D eigenvalue weighted by Crippen LogP contribution is -2.40. The summed E-state index contributed by atoms with van der Waals surface area (Å²) in [5, 5.41) is 2.92. The highest BCUT2D eigenvalue weighted by atomic mass is 16.1. The molecule has 1 amide bonds. The summed E-state index contributed by atoms with van der Waals surface area (Å²) in [5.74, 6) is -0.0143. The molecule has 1 N–H and O–H groups in total.